The van der Waals surface area contributed by atoms with E-state index in [0.29, 0.717) is 22.7 Å². The Kier molecular flexibility index (Phi) is 5.97. The summed E-state index contributed by atoms with van der Waals surface area (Å²) in [6.45, 7) is -1.24. The van der Waals surface area contributed by atoms with E-state index < -0.39 is 24.7 Å². The van der Waals surface area contributed by atoms with Gasteiger partial charge in [-0.1, -0.05) is 0 Å². The van der Waals surface area contributed by atoms with Crippen LogP contribution in [0, 0.1) is 0 Å². The molecule has 0 saturated heterocycles. The van der Waals surface area contributed by atoms with Crippen molar-refractivity contribution in [2.24, 2.45) is 5.73 Å². The number of nitrogens with zero attached hydrogens (tertiary/aromatic N) is 4. The molecule has 2 aromatic carbocycles. The van der Waals surface area contributed by atoms with E-state index in [1.165, 1.54) is 47.4 Å². The largest absolute Gasteiger partial charge is 0.497 e. The molecule has 0 bridgehead atoms. The normalized spacial score (nSPS) is 13.5. The minimum absolute atomic E-state index is 0.0932. The Hall–Kier alpha value is -4.35. The number of aromatic nitrogens is 2. The second-order valence-electron chi connectivity index (χ2n) is 7.32. The van der Waals surface area contributed by atoms with E-state index in [4.69, 9.17) is 10.5 Å². The van der Waals surface area contributed by atoms with Crippen LogP contribution in [0.15, 0.2) is 54.7 Å². The first kappa shape index (κ1) is 22.8. The summed E-state index contributed by atoms with van der Waals surface area (Å²) in [6.07, 6.45) is -3.10. The van der Waals surface area contributed by atoms with Crippen molar-refractivity contribution < 1.29 is 27.5 Å². The zero-order valence-corrected chi connectivity index (χ0v) is 17.8. The van der Waals surface area contributed by atoms with Gasteiger partial charge in [0.05, 0.1) is 19.3 Å². The van der Waals surface area contributed by atoms with E-state index in [-0.39, 0.29) is 23.9 Å². The predicted octanol–water partition coefficient (Wildman–Crippen LogP) is 3.84. The highest BCUT2D eigenvalue weighted by molar-refractivity contribution is 6.10. The third kappa shape index (κ3) is 4.70. The average molecular weight is 472 g/mol. The summed E-state index contributed by atoms with van der Waals surface area (Å²) in [6, 6.07) is 12.2. The lowest BCUT2D eigenvalue weighted by molar-refractivity contribution is -0.115. The molecule has 1 aliphatic heterocycles. The summed E-state index contributed by atoms with van der Waals surface area (Å²) >= 11 is 0. The summed E-state index contributed by atoms with van der Waals surface area (Å²) in [5.74, 6) is -0.184. The lowest BCUT2D eigenvalue weighted by atomic mass is 10.1. The number of nitrogens with two attached hydrogens (primary N) is 1. The van der Waals surface area contributed by atoms with Gasteiger partial charge in [0.1, 0.15) is 12.3 Å². The molecule has 4 rings (SSSR count). The van der Waals surface area contributed by atoms with Crippen LogP contribution in [0.5, 0.6) is 5.75 Å². The maximum atomic E-state index is 13.6. The first-order valence-corrected chi connectivity index (χ1v) is 9.98. The molecule has 2 heterocycles. The van der Waals surface area contributed by atoms with Crippen LogP contribution >= 0.6 is 0 Å². The van der Waals surface area contributed by atoms with Gasteiger partial charge in [-0.3, -0.25) is 9.69 Å². The number of hydrogen-bond acceptors (Lipinski definition) is 6. The van der Waals surface area contributed by atoms with Gasteiger partial charge >= 0.3 is 12.2 Å². The van der Waals surface area contributed by atoms with Crippen molar-refractivity contribution in [2.45, 2.75) is 12.7 Å². The molecule has 0 aliphatic carbocycles. The Balaban J connectivity index is 1.76. The number of hydrogen-bond donors (Lipinski definition) is 2. The number of halogens is 3. The van der Waals surface area contributed by atoms with Gasteiger partial charge in [0.15, 0.2) is 5.82 Å². The first-order chi connectivity index (χ1) is 16.2. The molecule has 1 aliphatic rings. The number of carbonyl (C=O) groups excluding carboxylic acids is 2. The second kappa shape index (κ2) is 8.89. The highest BCUT2D eigenvalue weighted by Gasteiger charge is 2.35. The molecule has 3 aromatic rings. The number of primary amides is 1. The summed E-state index contributed by atoms with van der Waals surface area (Å²) in [4.78, 5) is 35.9. The topological polar surface area (TPSA) is 114 Å². The monoisotopic (exact) mass is 472 g/mol. The Labute approximate surface area is 192 Å². The number of urea groups is 1. The average Bonchev–Trinajstić information content (AvgIpc) is 2.82. The van der Waals surface area contributed by atoms with Crippen LogP contribution in [0.25, 0.3) is 0 Å². The van der Waals surface area contributed by atoms with Crippen LogP contribution < -0.4 is 25.6 Å². The number of ether oxygens (including phenoxy) is 1. The highest BCUT2D eigenvalue weighted by atomic mass is 19.4. The molecule has 0 radical (unpaired) electrons. The van der Waals surface area contributed by atoms with Gasteiger partial charge in [-0.15, -0.1) is 0 Å². The predicted molar refractivity (Wildman–Crippen MR) is 118 cm³/mol. The molecule has 12 heteroatoms. The Morgan fingerprint density at radius 2 is 1.76 bits per heavy atom. The van der Waals surface area contributed by atoms with E-state index in [1.54, 1.807) is 24.3 Å². The standard InChI is InChI=1S/C22H19F3N6O3/c1-34-17-8-6-15(7-9-17)30-11-14-10-27-20(28-12-22(23,24)25)29-19(14)31(21(30)33)16-4-2-13(3-5-16)18(26)32/h2-10H,11-12H2,1H3,(H2,26,32)(H,27,28,29). The fourth-order valence-corrected chi connectivity index (χ4v) is 3.39. The van der Waals surface area contributed by atoms with Gasteiger partial charge in [-0.25, -0.2) is 14.7 Å². The molecule has 34 heavy (non-hydrogen) atoms. The van der Waals surface area contributed by atoms with Gasteiger partial charge in [0.25, 0.3) is 0 Å². The molecule has 176 valence electrons. The van der Waals surface area contributed by atoms with Crippen LogP contribution in [-0.2, 0) is 6.54 Å². The lowest BCUT2D eigenvalue weighted by Crippen LogP contribution is -2.45. The minimum Gasteiger partial charge on any atom is -0.497 e. The SMILES string of the molecule is COc1ccc(N2Cc3cnc(NCC(F)(F)F)nc3N(c3ccc(C(N)=O)cc3)C2=O)cc1. The molecule has 9 nitrogen and oxygen atoms in total. The quantitative estimate of drug-likeness (QED) is 0.564. The van der Waals surface area contributed by atoms with E-state index in [0.717, 1.165) is 0 Å². The molecule has 0 spiro atoms. The highest BCUT2D eigenvalue weighted by Crippen LogP contribution is 2.36. The molecule has 3 amide bonds. The number of fused-ring (bicyclic) bond motifs is 1. The van der Waals surface area contributed by atoms with Crippen LogP contribution in [-0.4, -0.2) is 41.7 Å². The zero-order chi connectivity index (χ0) is 24.5. The molecular formula is C22H19F3N6O3. The Bertz CT molecular complexity index is 1220. The van der Waals surface area contributed by atoms with Crippen molar-refractivity contribution in [3.63, 3.8) is 0 Å². The first-order valence-electron chi connectivity index (χ1n) is 9.98. The molecule has 0 unspecified atom stereocenters. The number of alkyl halides is 3. The lowest BCUT2D eigenvalue weighted by Gasteiger charge is -2.36. The maximum absolute atomic E-state index is 13.6. The van der Waals surface area contributed by atoms with E-state index in [2.05, 4.69) is 15.3 Å². The third-order valence-corrected chi connectivity index (χ3v) is 5.05. The number of carbonyl (C=O) groups is 2. The van der Waals surface area contributed by atoms with E-state index in [9.17, 15) is 22.8 Å². The fourth-order valence-electron chi connectivity index (χ4n) is 3.39. The smallest absolute Gasteiger partial charge is 0.405 e. The summed E-state index contributed by atoms with van der Waals surface area (Å²) in [7, 11) is 1.52. The fraction of sp³-hybridized carbons (Fsp3) is 0.182. The van der Waals surface area contributed by atoms with Gasteiger partial charge in [0, 0.05) is 23.0 Å². The summed E-state index contributed by atoms with van der Waals surface area (Å²) in [5.41, 5.74) is 6.94. The second-order valence-corrected chi connectivity index (χ2v) is 7.32. The van der Waals surface area contributed by atoms with Crippen LogP contribution in [0.2, 0.25) is 0 Å². The molecule has 0 atom stereocenters. The van der Waals surface area contributed by atoms with Crippen LogP contribution in [0.4, 0.5) is 41.1 Å². The molecule has 0 saturated carbocycles. The molecule has 3 N–H and O–H groups in total. The van der Waals surface area contributed by atoms with Gasteiger partial charge < -0.3 is 15.8 Å². The van der Waals surface area contributed by atoms with Crippen molar-refractivity contribution in [3.8, 4) is 5.75 Å². The van der Waals surface area contributed by atoms with E-state index >= 15 is 0 Å². The Morgan fingerprint density at radius 1 is 1.12 bits per heavy atom. The van der Waals surface area contributed by atoms with Crippen LogP contribution in [0.3, 0.4) is 0 Å². The van der Waals surface area contributed by atoms with Gasteiger partial charge in [0.2, 0.25) is 11.9 Å². The number of amides is 3. The number of nitrogens with one attached hydrogen (secondary N) is 1. The number of rotatable bonds is 6. The van der Waals surface area contributed by atoms with Crippen molar-refractivity contribution in [1.82, 2.24) is 9.97 Å². The van der Waals surface area contributed by atoms with E-state index in [1.807, 2.05) is 0 Å². The van der Waals surface area contributed by atoms with Crippen molar-refractivity contribution in [3.05, 3.63) is 65.9 Å². The van der Waals surface area contributed by atoms with Crippen molar-refractivity contribution in [1.29, 1.82) is 0 Å². The molecule has 0 fully saturated rings. The molecule has 1 aromatic heterocycles. The summed E-state index contributed by atoms with van der Waals surface area (Å²) < 4.78 is 43.1. The van der Waals surface area contributed by atoms with Crippen molar-refractivity contribution in [2.75, 3.05) is 28.8 Å². The number of methoxy groups -OCH3 is 1. The minimum atomic E-state index is -4.47. The number of benzene rings is 2. The number of anilines is 4. The maximum Gasteiger partial charge on any atom is 0.405 e. The molecular weight excluding hydrogens is 453 g/mol. The Morgan fingerprint density at radius 3 is 2.35 bits per heavy atom. The van der Waals surface area contributed by atoms with Gasteiger partial charge in [-0.05, 0) is 48.5 Å². The van der Waals surface area contributed by atoms with Crippen LogP contribution in [0.1, 0.15) is 15.9 Å². The zero-order valence-electron chi connectivity index (χ0n) is 17.8. The van der Waals surface area contributed by atoms with Gasteiger partial charge in [-0.2, -0.15) is 18.2 Å². The third-order valence-electron chi connectivity index (χ3n) is 5.05. The summed E-state index contributed by atoms with van der Waals surface area (Å²) in [5, 5.41) is 2.13. The van der Waals surface area contributed by atoms with Crippen molar-refractivity contribution >= 4 is 35.1 Å².